The van der Waals surface area contributed by atoms with Crippen LogP contribution in [0.15, 0.2) is 29.2 Å². The minimum Gasteiger partial charge on any atom is -0.377 e. The fourth-order valence-corrected chi connectivity index (χ4v) is 3.41. The van der Waals surface area contributed by atoms with Gasteiger partial charge in [-0.1, -0.05) is 6.92 Å². The first kappa shape index (κ1) is 18.9. The number of hydrogen-bond acceptors (Lipinski definition) is 4. The minimum atomic E-state index is -3.59. The lowest BCUT2D eigenvalue weighted by Gasteiger charge is -2.24. The van der Waals surface area contributed by atoms with Crippen LogP contribution in [0.25, 0.3) is 0 Å². The van der Waals surface area contributed by atoms with E-state index in [2.05, 4.69) is 10.0 Å². The van der Waals surface area contributed by atoms with E-state index in [-0.39, 0.29) is 29.0 Å². The molecule has 0 spiro atoms. The monoisotopic (exact) mass is 354 g/mol. The zero-order valence-corrected chi connectivity index (χ0v) is 15.3. The molecule has 1 fully saturated rings. The summed E-state index contributed by atoms with van der Waals surface area (Å²) in [5.74, 6) is -0.210. The van der Waals surface area contributed by atoms with Crippen LogP contribution in [-0.4, -0.2) is 39.1 Å². The van der Waals surface area contributed by atoms with Crippen LogP contribution in [0.4, 0.5) is 0 Å². The first-order chi connectivity index (χ1) is 11.2. The molecular formula is C17H26N2O4S. The van der Waals surface area contributed by atoms with Crippen molar-refractivity contribution < 1.29 is 17.9 Å². The molecule has 1 saturated heterocycles. The third-order valence-corrected chi connectivity index (χ3v) is 5.73. The molecule has 1 atom stereocenters. The van der Waals surface area contributed by atoms with Crippen LogP contribution in [-0.2, 0) is 14.8 Å². The molecule has 1 heterocycles. The standard InChI is InChI=1S/C17H26N2O4S/c1-4-17(2,3)19-16(20)13-7-9-15(10-8-13)24(21,22)18-12-14-6-5-11-23-14/h7-10,14,18H,4-6,11-12H2,1-3H3,(H,19,20)/t14-/m0/s1. The van der Waals surface area contributed by atoms with E-state index in [1.807, 2.05) is 20.8 Å². The highest BCUT2D eigenvalue weighted by molar-refractivity contribution is 7.89. The molecule has 6 nitrogen and oxygen atoms in total. The molecule has 0 bridgehead atoms. The Hall–Kier alpha value is -1.44. The van der Waals surface area contributed by atoms with Gasteiger partial charge in [-0.25, -0.2) is 13.1 Å². The molecule has 0 radical (unpaired) electrons. The van der Waals surface area contributed by atoms with Gasteiger partial charge in [0.25, 0.3) is 5.91 Å². The SMILES string of the molecule is CCC(C)(C)NC(=O)c1ccc(S(=O)(=O)NC[C@@H]2CCCO2)cc1. The van der Waals surface area contributed by atoms with Crippen molar-refractivity contribution in [2.24, 2.45) is 0 Å². The zero-order chi connectivity index (χ0) is 17.8. The topological polar surface area (TPSA) is 84.5 Å². The Morgan fingerprint density at radius 1 is 1.29 bits per heavy atom. The third-order valence-electron chi connectivity index (χ3n) is 4.29. The van der Waals surface area contributed by atoms with E-state index in [1.165, 1.54) is 24.3 Å². The van der Waals surface area contributed by atoms with Crippen molar-refractivity contribution in [2.75, 3.05) is 13.2 Å². The van der Waals surface area contributed by atoms with E-state index in [4.69, 9.17) is 4.74 Å². The van der Waals surface area contributed by atoms with Crippen molar-refractivity contribution >= 4 is 15.9 Å². The molecule has 2 rings (SSSR count). The summed E-state index contributed by atoms with van der Waals surface area (Å²) in [7, 11) is -3.59. The lowest BCUT2D eigenvalue weighted by atomic mass is 10.0. The molecule has 2 N–H and O–H groups in total. The van der Waals surface area contributed by atoms with Crippen LogP contribution >= 0.6 is 0 Å². The lowest BCUT2D eigenvalue weighted by Crippen LogP contribution is -2.42. The number of sulfonamides is 1. The molecule has 1 aromatic carbocycles. The van der Waals surface area contributed by atoms with Crippen molar-refractivity contribution in [2.45, 2.75) is 56.6 Å². The summed E-state index contributed by atoms with van der Waals surface area (Å²) in [6.45, 7) is 6.84. The van der Waals surface area contributed by atoms with Crippen LogP contribution in [0.1, 0.15) is 50.4 Å². The highest BCUT2D eigenvalue weighted by Crippen LogP contribution is 2.15. The number of benzene rings is 1. The van der Waals surface area contributed by atoms with Crippen molar-refractivity contribution in [3.05, 3.63) is 29.8 Å². The van der Waals surface area contributed by atoms with Crippen LogP contribution in [0.2, 0.25) is 0 Å². The molecule has 7 heteroatoms. The number of carbonyl (C=O) groups excluding carboxylic acids is 1. The first-order valence-electron chi connectivity index (χ1n) is 8.27. The Balaban J connectivity index is 2.00. The normalized spacial score (nSPS) is 18.5. The van der Waals surface area contributed by atoms with E-state index < -0.39 is 10.0 Å². The molecule has 0 unspecified atom stereocenters. The van der Waals surface area contributed by atoms with Gasteiger partial charge in [-0.15, -0.1) is 0 Å². The quantitative estimate of drug-likeness (QED) is 0.785. The molecule has 0 aromatic heterocycles. The van der Waals surface area contributed by atoms with Gasteiger partial charge in [-0.3, -0.25) is 4.79 Å². The summed E-state index contributed by atoms with van der Waals surface area (Å²) in [5, 5.41) is 2.92. The van der Waals surface area contributed by atoms with Crippen molar-refractivity contribution in [3.8, 4) is 0 Å². The summed E-state index contributed by atoms with van der Waals surface area (Å²) < 4.78 is 32.5. The van der Waals surface area contributed by atoms with E-state index in [1.54, 1.807) is 0 Å². The maximum atomic E-state index is 12.3. The maximum Gasteiger partial charge on any atom is 0.251 e. The van der Waals surface area contributed by atoms with Crippen molar-refractivity contribution in [1.29, 1.82) is 0 Å². The Kier molecular flexibility index (Phi) is 6.01. The summed E-state index contributed by atoms with van der Waals surface area (Å²) >= 11 is 0. The second-order valence-corrected chi connectivity index (χ2v) is 8.47. The predicted octanol–water partition coefficient (Wildman–Crippen LogP) is 2.06. The van der Waals surface area contributed by atoms with Crippen molar-refractivity contribution in [1.82, 2.24) is 10.0 Å². The van der Waals surface area contributed by atoms with Gasteiger partial charge in [0.1, 0.15) is 0 Å². The molecule has 0 aliphatic carbocycles. The molecule has 1 aliphatic rings. The average molecular weight is 354 g/mol. The number of ether oxygens (including phenoxy) is 1. The molecular weight excluding hydrogens is 328 g/mol. The predicted molar refractivity (Wildman–Crippen MR) is 92.4 cm³/mol. The summed E-state index contributed by atoms with van der Waals surface area (Å²) in [6, 6.07) is 5.96. The Morgan fingerprint density at radius 3 is 2.50 bits per heavy atom. The molecule has 1 aromatic rings. The zero-order valence-electron chi connectivity index (χ0n) is 14.5. The molecule has 24 heavy (non-hydrogen) atoms. The molecule has 0 saturated carbocycles. The molecule has 1 amide bonds. The molecule has 134 valence electrons. The van der Waals surface area contributed by atoms with E-state index in [0.29, 0.717) is 12.2 Å². The van der Waals surface area contributed by atoms with Gasteiger partial charge in [-0.05, 0) is 57.4 Å². The Morgan fingerprint density at radius 2 is 1.96 bits per heavy atom. The highest BCUT2D eigenvalue weighted by Gasteiger charge is 2.22. The fraction of sp³-hybridized carbons (Fsp3) is 0.588. The summed E-state index contributed by atoms with van der Waals surface area (Å²) in [4.78, 5) is 12.3. The highest BCUT2D eigenvalue weighted by atomic mass is 32.2. The van der Waals surface area contributed by atoms with E-state index in [9.17, 15) is 13.2 Å². The molecule has 1 aliphatic heterocycles. The number of nitrogens with one attached hydrogen (secondary N) is 2. The van der Waals surface area contributed by atoms with Crippen LogP contribution in [0.5, 0.6) is 0 Å². The van der Waals surface area contributed by atoms with Gasteiger partial charge in [0.15, 0.2) is 0 Å². The van der Waals surface area contributed by atoms with Crippen LogP contribution < -0.4 is 10.0 Å². The summed E-state index contributed by atoms with van der Waals surface area (Å²) in [6.07, 6.45) is 2.58. The number of carbonyl (C=O) groups is 1. The van der Waals surface area contributed by atoms with E-state index in [0.717, 1.165) is 19.3 Å². The minimum absolute atomic E-state index is 0.0545. The smallest absolute Gasteiger partial charge is 0.251 e. The van der Waals surface area contributed by atoms with Crippen LogP contribution in [0.3, 0.4) is 0 Å². The number of hydrogen-bond donors (Lipinski definition) is 2. The maximum absolute atomic E-state index is 12.3. The fourth-order valence-electron chi connectivity index (χ4n) is 2.34. The average Bonchev–Trinajstić information content (AvgIpc) is 3.06. The van der Waals surface area contributed by atoms with Gasteiger partial charge >= 0.3 is 0 Å². The van der Waals surface area contributed by atoms with Gasteiger partial charge in [0.2, 0.25) is 10.0 Å². The Bertz CT molecular complexity index is 662. The van der Waals surface area contributed by atoms with Gasteiger partial charge in [-0.2, -0.15) is 0 Å². The second kappa shape index (κ2) is 7.63. The first-order valence-corrected chi connectivity index (χ1v) is 9.76. The number of amides is 1. The van der Waals surface area contributed by atoms with Crippen molar-refractivity contribution in [3.63, 3.8) is 0 Å². The second-order valence-electron chi connectivity index (χ2n) is 6.70. The number of rotatable bonds is 7. The lowest BCUT2D eigenvalue weighted by molar-refractivity contribution is 0.0911. The van der Waals surface area contributed by atoms with Gasteiger partial charge in [0, 0.05) is 24.3 Å². The van der Waals surface area contributed by atoms with E-state index >= 15 is 0 Å². The third kappa shape index (κ3) is 5.03. The largest absolute Gasteiger partial charge is 0.377 e. The van der Waals surface area contributed by atoms with Gasteiger partial charge in [0.05, 0.1) is 11.0 Å². The van der Waals surface area contributed by atoms with Crippen LogP contribution in [0, 0.1) is 0 Å². The van der Waals surface area contributed by atoms with Gasteiger partial charge < -0.3 is 10.1 Å². The Labute approximate surface area is 144 Å². The summed E-state index contributed by atoms with van der Waals surface area (Å²) in [5.41, 5.74) is 0.139.